The molecule has 8 heteroatoms. The van der Waals surface area contributed by atoms with Gasteiger partial charge in [0.15, 0.2) is 5.60 Å². The van der Waals surface area contributed by atoms with Gasteiger partial charge >= 0.3 is 5.97 Å². The van der Waals surface area contributed by atoms with E-state index in [1.165, 1.54) is 0 Å². The summed E-state index contributed by atoms with van der Waals surface area (Å²) in [5, 5.41) is 0. The second kappa shape index (κ2) is 10.1. The number of rotatable bonds is 7. The Hall–Kier alpha value is -2.33. The second-order valence-electron chi connectivity index (χ2n) is 15.4. The van der Waals surface area contributed by atoms with Crippen molar-refractivity contribution in [1.82, 2.24) is 4.90 Å². The molecule has 5 aliphatic carbocycles. The van der Waals surface area contributed by atoms with Gasteiger partial charge in [-0.2, -0.15) is 0 Å². The molecule has 0 aromatic heterocycles. The van der Waals surface area contributed by atoms with E-state index >= 15 is 0 Å². The Bertz CT molecular complexity index is 1520. The van der Waals surface area contributed by atoms with E-state index in [0.717, 1.165) is 43.5 Å². The maximum absolute atomic E-state index is 14.4. The number of esters is 1. The molecule has 0 unspecified atom stereocenters. The first-order valence-electron chi connectivity index (χ1n) is 17.3. The van der Waals surface area contributed by atoms with Crippen LogP contribution in [0.2, 0.25) is 0 Å². The molecule has 2 heterocycles. The van der Waals surface area contributed by atoms with Crippen molar-refractivity contribution in [2.75, 3.05) is 41.2 Å². The van der Waals surface area contributed by atoms with Crippen molar-refractivity contribution in [2.24, 2.45) is 34.5 Å². The smallest absolute Gasteiger partial charge is 0.338 e. The summed E-state index contributed by atoms with van der Waals surface area (Å²) in [5.74, 6) is 0.395. The zero-order valence-electron chi connectivity index (χ0n) is 27.6. The SMILES string of the molecule is CCN1C[C@]2(C)CC[C@H](OC)[C@@]34[C@@H]5C[C@H]6[C@H](OC)[C@@H]5[C@@]5(C[C@@H]6OC)OCO[C@@]5([C@@H](OC(=O)c5ccc(-c6ccccc6)cc5)[C@H]23)[C@@H]14. The van der Waals surface area contributed by atoms with Crippen molar-refractivity contribution >= 4 is 5.97 Å². The number of ether oxygens (including phenoxy) is 6. The number of hydrogen-bond acceptors (Lipinski definition) is 8. The molecule has 9 rings (SSSR count). The van der Waals surface area contributed by atoms with Gasteiger partial charge < -0.3 is 28.4 Å². The lowest BCUT2D eigenvalue weighted by Crippen LogP contribution is -2.81. The average Bonchev–Trinajstić information content (AvgIpc) is 3.67. The predicted molar refractivity (Wildman–Crippen MR) is 170 cm³/mol. The molecular formula is C38H47NO7. The summed E-state index contributed by atoms with van der Waals surface area (Å²) in [5.41, 5.74) is 0.781. The van der Waals surface area contributed by atoms with E-state index in [2.05, 4.69) is 30.9 Å². The third kappa shape index (κ3) is 3.29. The summed E-state index contributed by atoms with van der Waals surface area (Å²) in [6.07, 6.45) is 3.16. The number of carbonyl (C=O) groups is 1. The molecule has 0 amide bonds. The van der Waals surface area contributed by atoms with E-state index in [1.54, 1.807) is 0 Å². The third-order valence-electron chi connectivity index (χ3n) is 14.3. The molecule has 13 atom stereocenters. The maximum Gasteiger partial charge on any atom is 0.338 e. The van der Waals surface area contributed by atoms with Gasteiger partial charge in [-0.25, -0.2) is 4.79 Å². The van der Waals surface area contributed by atoms with E-state index in [9.17, 15) is 4.79 Å². The zero-order chi connectivity index (χ0) is 31.6. The molecule has 7 aliphatic rings. The van der Waals surface area contributed by atoms with Crippen molar-refractivity contribution in [3.05, 3.63) is 60.2 Å². The average molecular weight is 630 g/mol. The number of methoxy groups -OCH3 is 3. The number of nitrogens with zero attached hydrogens (tertiary/aromatic N) is 1. The van der Waals surface area contributed by atoms with Gasteiger partial charge in [-0.3, -0.25) is 4.90 Å². The normalized spacial score (nSPS) is 47.9. The fourth-order valence-electron chi connectivity index (χ4n) is 13.2. The van der Waals surface area contributed by atoms with Gasteiger partial charge in [0.2, 0.25) is 0 Å². The molecule has 246 valence electrons. The van der Waals surface area contributed by atoms with Crippen LogP contribution >= 0.6 is 0 Å². The van der Waals surface area contributed by atoms with E-state index in [0.29, 0.717) is 12.0 Å². The quantitative estimate of drug-likeness (QED) is 0.388. The number of benzene rings is 2. The van der Waals surface area contributed by atoms with Crippen molar-refractivity contribution in [3.63, 3.8) is 0 Å². The van der Waals surface area contributed by atoms with E-state index in [-0.39, 0.29) is 71.6 Å². The highest BCUT2D eigenvalue weighted by Crippen LogP contribution is 2.82. The molecule has 2 aliphatic heterocycles. The Kier molecular flexibility index (Phi) is 6.54. The number of carbonyl (C=O) groups excluding carboxylic acids is 1. The third-order valence-corrected chi connectivity index (χ3v) is 14.3. The van der Waals surface area contributed by atoms with Crippen molar-refractivity contribution in [2.45, 2.75) is 81.2 Å². The summed E-state index contributed by atoms with van der Waals surface area (Å²) >= 11 is 0. The lowest BCUT2D eigenvalue weighted by Gasteiger charge is -2.69. The molecule has 46 heavy (non-hydrogen) atoms. The predicted octanol–water partition coefficient (Wildman–Crippen LogP) is 5.20. The van der Waals surface area contributed by atoms with Gasteiger partial charge in [0.25, 0.3) is 0 Å². The van der Waals surface area contributed by atoms with Gasteiger partial charge in [0.1, 0.15) is 18.5 Å². The van der Waals surface area contributed by atoms with E-state index in [1.807, 2.05) is 63.8 Å². The van der Waals surface area contributed by atoms with Crippen LogP contribution in [0.25, 0.3) is 11.1 Å². The largest absolute Gasteiger partial charge is 0.455 e. The van der Waals surface area contributed by atoms with E-state index < -0.39 is 17.3 Å². The summed E-state index contributed by atoms with van der Waals surface area (Å²) in [7, 11) is 5.55. The molecular weight excluding hydrogens is 582 g/mol. The monoisotopic (exact) mass is 629 g/mol. The Morgan fingerprint density at radius 2 is 1.74 bits per heavy atom. The molecule has 2 saturated heterocycles. The Morgan fingerprint density at radius 1 is 0.978 bits per heavy atom. The van der Waals surface area contributed by atoms with Gasteiger partial charge in [-0.15, -0.1) is 0 Å². The summed E-state index contributed by atoms with van der Waals surface area (Å²) in [6, 6.07) is 18.0. The second-order valence-corrected chi connectivity index (χ2v) is 15.4. The van der Waals surface area contributed by atoms with E-state index in [4.69, 9.17) is 28.4 Å². The first-order chi connectivity index (χ1) is 22.3. The minimum Gasteiger partial charge on any atom is -0.455 e. The van der Waals surface area contributed by atoms with Crippen molar-refractivity contribution in [3.8, 4) is 11.1 Å². The van der Waals surface area contributed by atoms with Crippen molar-refractivity contribution < 1.29 is 33.2 Å². The lowest BCUT2D eigenvalue weighted by atomic mass is 9.43. The van der Waals surface area contributed by atoms with Crippen molar-refractivity contribution in [1.29, 1.82) is 0 Å². The van der Waals surface area contributed by atoms with Gasteiger partial charge in [0.05, 0.1) is 29.9 Å². The summed E-state index contributed by atoms with van der Waals surface area (Å²) < 4.78 is 40.5. The highest BCUT2D eigenvalue weighted by atomic mass is 16.7. The van der Waals surface area contributed by atoms with Crippen LogP contribution in [0.4, 0.5) is 0 Å². The highest BCUT2D eigenvalue weighted by molar-refractivity contribution is 5.90. The zero-order valence-corrected chi connectivity index (χ0v) is 27.6. The minimum absolute atomic E-state index is 0.0119. The number of fused-ring (bicyclic) bond motifs is 1. The topological polar surface area (TPSA) is 75.7 Å². The highest BCUT2D eigenvalue weighted by Gasteiger charge is 2.94. The maximum atomic E-state index is 14.4. The van der Waals surface area contributed by atoms with Crippen LogP contribution in [0.3, 0.4) is 0 Å². The molecule has 2 aromatic carbocycles. The minimum atomic E-state index is -0.879. The molecule has 3 spiro atoms. The number of piperidine rings is 1. The fraction of sp³-hybridized carbons (Fsp3) is 0.658. The standard InChI is InChI=1S/C38H47NO7/c1-6-39-20-35(2)17-16-28(42-4)37-26-18-25-27(41-3)19-36(29(26)30(25)43-5)38(34(37)39,45-21-44-36)32(31(35)37)46-33(40)24-14-12-23(13-15-24)22-10-8-7-9-11-22/h7-15,25-32,34H,6,16-21H2,1-5H3/t25-,26-,27+,28+,29-,30+,31-,32+,34+,35+,36-,37+,38+/m1/s1. The molecule has 0 radical (unpaired) electrons. The van der Waals surface area contributed by atoms with Gasteiger partial charge in [0, 0.05) is 57.5 Å². The number of likely N-dealkylation sites (tertiary alicyclic amines) is 1. The van der Waals surface area contributed by atoms with Crippen LogP contribution in [-0.2, 0) is 28.4 Å². The first kappa shape index (κ1) is 29.8. The Balaban J connectivity index is 1.22. The van der Waals surface area contributed by atoms with Gasteiger partial charge in [-0.1, -0.05) is 56.3 Å². The van der Waals surface area contributed by atoms with Gasteiger partial charge in [-0.05, 0) is 60.4 Å². The molecule has 7 fully saturated rings. The van der Waals surface area contributed by atoms with Crippen LogP contribution in [0.1, 0.15) is 49.9 Å². The molecule has 5 saturated carbocycles. The Labute approximate surface area is 272 Å². The summed E-state index contributed by atoms with van der Waals surface area (Å²) in [4.78, 5) is 17.1. The van der Waals surface area contributed by atoms with Crippen LogP contribution in [0, 0.1) is 34.5 Å². The number of likely N-dealkylation sites (N-methyl/N-ethyl adjacent to an activating group) is 1. The Morgan fingerprint density at radius 3 is 2.43 bits per heavy atom. The lowest BCUT2D eigenvalue weighted by molar-refractivity contribution is -0.282. The summed E-state index contributed by atoms with van der Waals surface area (Å²) in [6.45, 7) is 6.70. The number of hydrogen-bond donors (Lipinski definition) is 0. The molecule has 8 nitrogen and oxygen atoms in total. The van der Waals surface area contributed by atoms with Crippen LogP contribution < -0.4 is 0 Å². The molecule has 7 bridgehead atoms. The van der Waals surface area contributed by atoms with Crippen LogP contribution in [0.5, 0.6) is 0 Å². The first-order valence-corrected chi connectivity index (χ1v) is 17.3. The molecule has 2 aromatic rings. The fourth-order valence-corrected chi connectivity index (χ4v) is 13.2. The molecule has 0 N–H and O–H groups in total. The van der Waals surface area contributed by atoms with Crippen LogP contribution in [0.15, 0.2) is 54.6 Å². The van der Waals surface area contributed by atoms with Crippen LogP contribution in [-0.4, -0.2) is 93.7 Å².